The van der Waals surface area contributed by atoms with E-state index in [1.165, 1.54) is 0 Å². The lowest BCUT2D eigenvalue weighted by molar-refractivity contribution is -0.122. The molecule has 5 nitrogen and oxygen atoms in total. The molecule has 1 spiro atoms. The number of nitrogens with one attached hydrogen (secondary N) is 1. The van der Waals surface area contributed by atoms with Crippen LogP contribution in [0.1, 0.15) is 28.4 Å². The van der Waals surface area contributed by atoms with Crippen molar-refractivity contribution in [2.45, 2.75) is 19.5 Å². The Morgan fingerprint density at radius 1 is 0.897 bits per heavy atom. The summed E-state index contributed by atoms with van der Waals surface area (Å²) in [6.07, 6.45) is 0. The number of likely N-dealkylation sites (N-methyl/N-ethyl adjacent to an activating group) is 1. The highest BCUT2D eigenvalue weighted by Crippen LogP contribution is 2.49. The Morgan fingerprint density at radius 3 is 2.34 bits per heavy atom. The third-order valence-corrected chi connectivity index (χ3v) is 5.76. The molecule has 0 radical (unpaired) electrons. The van der Waals surface area contributed by atoms with Crippen LogP contribution in [0.15, 0.2) is 72.8 Å². The average molecular weight is 383 g/mol. The molecule has 0 aromatic heterocycles. The number of carbonyl (C=O) groups excluding carboxylic acids is 2. The molecule has 0 fully saturated rings. The van der Waals surface area contributed by atoms with Crippen molar-refractivity contribution < 1.29 is 9.59 Å². The number of amides is 2. The second kappa shape index (κ2) is 6.21. The molecule has 29 heavy (non-hydrogen) atoms. The maximum absolute atomic E-state index is 13.8. The van der Waals surface area contributed by atoms with Crippen LogP contribution in [0, 0.1) is 6.92 Å². The SMILES string of the molecule is CCN1C(=O)C2(Nc3ccccc3C(=O)N2c2ccc(C)cc2)c2ccccc21. The van der Waals surface area contributed by atoms with Crippen molar-refractivity contribution in [2.75, 3.05) is 21.7 Å². The first kappa shape index (κ1) is 17.5. The molecule has 0 bridgehead atoms. The van der Waals surface area contributed by atoms with E-state index in [1.807, 2.05) is 80.6 Å². The van der Waals surface area contributed by atoms with E-state index in [0.717, 1.165) is 16.8 Å². The van der Waals surface area contributed by atoms with Crippen LogP contribution in [0.2, 0.25) is 0 Å². The molecule has 3 aromatic carbocycles. The van der Waals surface area contributed by atoms with Gasteiger partial charge < -0.3 is 10.2 Å². The van der Waals surface area contributed by atoms with Crippen LogP contribution in [0.5, 0.6) is 0 Å². The molecule has 2 aliphatic rings. The molecular weight excluding hydrogens is 362 g/mol. The molecule has 5 heteroatoms. The first-order chi connectivity index (χ1) is 14.1. The normalized spacial score (nSPS) is 19.9. The van der Waals surface area contributed by atoms with Crippen LogP contribution < -0.4 is 15.1 Å². The second-order valence-corrected chi connectivity index (χ2v) is 7.42. The third-order valence-electron chi connectivity index (χ3n) is 5.76. The molecule has 144 valence electrons. The van der Waals surface area contributed by atoms with Gasteiger partial charge in [0.1, 0.15) is 0 Å². The molecule has 2 aliphatic heterocycles. The van der Waals surface area contributed by atoms with E-state index >= 15 is 0 Å². The lowest BCUT2D eigenvalue weighted by Gasteiger charge is -2.45. The summed E-state index contributed by atoms with van der Waals surface area (Å²) in [5.41, 5.74) is 3.30. The quantitative estimate of drug-likeness (QED) is 0.718. The van der Waals surface area contributed by atoms with Crippen molar-refractivity contribution in [3.63, 3.8) is 0 Å². The van der Waals surface area contributed by atoms with Crippen molar-refractivity contribution in [3.05, 3.63) is 89.5 Å². The number of hydrogen-bond donors (Lipinski definition) is 1. The number of fused-ring (bicyclic) bond motifs is 3. The minimum atomic E-state index is -1.31. The first-order valence-corrected chi connectivity index (χ1v) is 9.78. The fraction of sp³-hybridized carbons (Fsp3) is 0.167. The van der Waals surface area contributed by atoms with E-state index in [-0.39, 0.29) is 11.8 Å². The fourth-order valence-corrected chi connectivity index (χ4v) is 4.39. The standard InChI is InChI=1S/C24H21N3O2/c1-3-26-21-11-7-5-9-19(21)24(23(26)29)25-20-10-6-4-8-18(20)22(28)27(24)17-14-12-16(2)13-15-17/h4-15,25H,3H2,1-2H3. The lowest BCUT2D eigenvalue weighted by Crippen LogP contribution is -2.63. The van der Waals surface area contributed by atoms with Crippen molar-refractivity contribution in [2.24, 2.45) is 0 Å². The molecular formula is C24H21N3O2. The largest absolute Gasteiger partial charge is 0.350 e. The van der Waals surface area contributed by atoms with E-state index in [2.05, 4.69) is 5.32 Å². The van der Waals surface area contributed by atoms with Crippen molar-refractivity contribution >= 4 is 28.9 Å². The smallest absolute Gasteiger partial charge is 0.279 e. The Kier molecular flexibility index (Phi) is 3.74. The minimum Gasteiger partial charge on any atom is -0.350 e. The van der Waals surface area contributed by atoms with Gasteiger partial charge in [-0.2, -0.15) is 0 Å². The zero-order chi connectivity index (χ0) is 20.2. The van der Waals surface area contributed by atoms with Crippen LogP contribution in [0.25, 0.3) is 0 Å². The summed E-state index contributed by atoms with van der Waals surface area (Å²) in [6, 6.07) is 22.8. The van der Waals surface area contributed by atoms with E-state index in [9.17, 15) is 9.59 Å². The number of benzene rings is 3. The van der Waals surface area contributed by atoms with E-state index in [0.29, 0.717) is 23.5 Å². The fourth-order valence-electron chi connectivity index (χ4n) is 4.39. The highest BCUT2D eigenvalue weighted by atomic mass is 16.2. The van der Waals surface area contributed by atoms with Gasteiger partial charge in [0.15, 0.2) is 0 Å². The molecule has 2 amide bonds. The van der Waals surface area contributed by atoms with Crippen molar-refractivity contribution in [1.29, 1.82) is 0 Å². The number of para-hydroxylation sites is 2. The van der Waals surface area contributed by atoms with Crippen LogP contribution in [0.3, 0.4) is 0 Å². The van der Waals surface area contributed by atoms with Crippen molar-refractivity contribution in [3.8, 4) is 0 Å². The topological polar surface area (TPSA) is 52.7 Å². The number of rotatable bonds is 2. The molecule has 2 heterocycles. The summed E-state index contributed by atoms with van der Waals surface area (Å²) in [5.74, 6) is -0.339. The number of anilines is 3. The van der Waals surface area contributed by atoms with Crippen LogP contribution in [-0.2, 0) is 10.5 Å². The molecule has 0 aliphatic carbocycles. The second-order valence-electron chi connectivity index (χ2n) is 7.42. The molecule has 1 atom stereocenters. The van der Waals surface area contributed by atoms with Crippen molar-refractivity contribution in [1.82, 2.24) is 0 Å². The van der Waals surface area contributed by atoms with Crippen LogP contribution in [-0.4, -0.2) is 18.4 Å². The Bertz CT molecular complexity index is 1140. The average Bonchev–Trinajstić information content (AvgIpc) is 2.97. The summed E-state index contributed by atoms with van der Waals surface area (Å²) in [5, 5.41) is 3.45. The maximum atomic E-state index is 13.8. The monoisotopic (exact) mass is 383 g/mol. The molecule has 3 aromatic rings. The molecule has 1 unspecified atom stereocenters. The van der Waals surface area contributed by atoms with Gasteiger partial charge >= 0.3 is 0 Å². The van der Waals surface area contributed by atoms with Gasteiger partial charge in [-0.15, -0.1) is 0 Å². The molecule has 1 N–H and O–H groups in total. The highest BCUT2D eigenvalue weighted by Gasteiger charge is 2.59. The minimum absolute atomic E-state index is 0.148. The maximum Gasteiger partial charge on any atom is 0.279 e. The van der Waals surface area contributed by atoms with E-state index < -0.39 is 5.66 Å². The zero-order valence-electron chi connectivity index (χ0n) is 16.3. The predicted molar refractivity (Wildman–Crippen MR) is 114 cm³/mol. The van der Waals surface area contributed by atoms with Crippen LogP contribution in [0.4, 0.5) is 17.1 Å². The Labute approximate surface area is 169 Å². The van der Waals surface area contributed by atoms with Gasteiger partial charge in [0.05, 0.1) is 11.3 Å². The van der Waals surface area contributed by atoms with Gasteiger partial charge in [0, 0.05) is 23.5 Å². The molecule has 0 saturated carbocycles. The van der Waals surface area contributed by atoms with E-state index in [4.69, 9.17) is 0 Å². The molecule has 0 saturated heterocycles. The Morgan fingerprint density at radius 2 is 1.59 bits per heavy atom. The van der Waals surface area contributed by atoms with Gasteiger partial charge in [-0.05, 0) is 44.2 Å². The summed E-state index contributed by atoms with van der Waals surface area (Å²) in [4.78, 5) is 30.9. The number of hydrogen-bond acceptors (Lipinski definition) is 3. The third kappa shape index (κ3) is 2.27. The van der Waals surface area contributed by atoms with Gasteiger partial charge in [0.2, 0.25) is 5.66 Å². The van der Waals surface area contributed by atoms with Gasteiger partial charge in [-0.3, -0.25) is 14.5 Å². The summed E-state index contributed by atoms with van der Waals surface area (Å²) in [7, 11) is 0. The predicted octanol–water partition coefficient (Wildman–Crippen LogP) is 4.29. The number of aryl methyl sites for hydroxylation is 1. The molecule has 5 rings (SSSR count). The lowest BCUT2D eigenvalue weighted by atomic mass is 9.92. The highest BCUT2D eigenvalue weighted by molar-refractivity contribution is 6.22. The number of carbonyl (C=O) groups is 2. The summed E-state index contributed by atoms with van der Waals surface area (Å²) in [6.45, 7) is 4.47. The first-order valence-electron chi connectivity index (χ1n) is 9.78. The van der Waals surface area contributed by atoms with Crippen LogP contribution >= 0.6 is 0 Å². The van der Waals surface area contributed by atoms with Gasteiger partial charge in [-0.25, -0.2) is 0 Å². The van der Waals surface area contributed by atoms with Gasteiger partial charge in [0.25, 0.3) is 11.8 Å². The summed E-state index contributed by atoms with van der Waals surface area (Å²) >= 11 is 0. The Balaban J connectivity index is 1.83. The summed E-state index contributed by atoms with van der Waals surface area (Å²) < 4.78 is 0. The zero-order valence-corrected chi connectivity index (χ0v) is 16.3. The Hall–Kier alpha value is -3.60. The number of nitrogens with zero attached hydrogens (tertiary/aromatic N) is 2. The van der Waals surface area contributed by atoms with Gasteiger partial charge in [-0.1, -0.05) is 48.0 Å². The van der Waals surface area contributed by atoms with E-state index in [1.54, 1.807) is 15.9 Å².